The number of rotatable bonds is 6. The van der Waals surface area contributed by atoms with Gasteiger partial charge in [-0.15, -0.1) is 10.2 Å². The van der Waals surface area contributed by atoms with E-state index in [0.29, 0.717) is 34.8 Å². The summed E-state index contributed by atoms with van der Waals surface area (Å²) in [5.74, 6) is 3.04. The van der Waals surface area contributed by atoms with Crippen LogP contribution < -0.4 is 19.2 Å². The molecule has 1 aliphatic rings. The summed E-state index contributed by atoms with van der Waals surface area (Å²) < 4.78 is 18.6. The van der Waals surface area contributed by atoms with Crippen LogP contribution in [0.2, 0.25) is 5.02 Å². The lowest BCUT2D eigenvalue weighted by molar-refractivity contribution is 0.323. The zero-order valence-electron chi connectivity index (χ0n) is 19.8. The molecule has 0 saturated carbocycles. The van der Waals surface area contributed by atoms with Crippen molar-refractivity contribution in [2.75, 3.05) is 26.3 Å². The van der Waals surface area contributed by atoms with Gasteiger partial charge in [0.15, 0.2) is 11.5 Å². The molecule has 0 fully saturated rings. The van der Waals surface area contributed by atoms with Gasteiger partial charge in [-0.05, 0) is 42.8 Å². The number of hydrogen-bond acceptors (Lipinski definition) is 7. The molecular weight excluding hydrogens is 466 g/mol. The first-order valence-electron chi connectivity index (χ1n) is 11.0. The number of aryl methyl sites for hydroxylation is 1. The minimum atomic E-state index is 0.389. The van der Waals surface area contributed by atoms with E-state index in [1.54, 1.807) is 21.3 Å². The van der Waals surface area contributed by atoms with Crippen LogP contribution in [-0.2, 0) is 6.54 Å². The van der Waals surface area contributed by atoms with Crippen molar-refractivity contribution in [3.8, 4) is 22.9 Å². The number of anilines is 1. The number of halogens is 1. The lowest BCUT2D eigenvalue weighted by Gasteiger charge is -2.20. The molecule has 0 unspecified atom stereocenters. The number of nitrogens with zero attached hydrogens (tertiary/aromatic N) is 5. The van der Waals surface area contributed by atoms with Crippen LogP contribution in [-0.4, -0.2) is 41.8 Å². The number of ether oxygens (including phenoxy) is 3. The summed E-state index contributed by atoms with van der Waals surface area (Å²) in [6.07, 6.45) is 0. The molecule has 0 bridgehead atoms. The summed E-state index contributed by atoms with van der Waals surface area (Å²) >= 11 is 6.17. The summed E-state index contributed by atoms with van der Waals surface area (Å²) in [6.45, 7) is 2.32. The van der Waals surface area contributed by atoms with E-state index < -0.39 is 0 Å². The van der Waals surface area contributed by atoms with Crippen molar-refractivity contribution in [3.63, 3.8) is 0 Å². The standard InChI is InChI=1S/C26H24ClN5O3/c1-16-28-29-26-31(15-17-13-22(33-2)25(35-4)23(14-17)34-3)30-24(18-9-11-19(27)12-10-18)20-7-5-6-8-21(20)32(16)26/h5-14H,15H2,1-4H3. The fraction of sp³-hybridized carbons (Fsp3) is 0.192. The van der Waals surface area contributed by atoms with Crippen LogP contribution >= 0.6 is 11.6 Å². The zero-order chi connectivity index (χ0) is 24.5. The topological polar surface area (TPSA) is 74.0 Å². The van der Waals surface area contributed by atoms with Gasteiger partial charge in [0.05, 0.1) is 33.6 Å². The van der Waals surface area contributed by atoms with Crippen LogP contribution in [0.1, 0.15) is 22.5 Å². The van der Waals surface area contributed by atoms with Crippen molar-refractivity contribution in [3.05, 3.63) is 88.2 Å². The minimum absolute atomic E-state index is 0.389. The highest BCUT2D eigenvalue weighted by Crippen LogP contribution is 2.39. The van der Waals surface area contributed by atoms with Crippen LogP contribution in [0.3, 0.4) is 0 Å². The van der Waals surface area contributed by atoms with E-state index in [2.05, 4.69) is 16.3 Å². The SMILES string of the molecule is COc1cc(CN2N=C(c3ccc(Cl)cc3)c3ccccc3-n3c(C)nnc32)cc(OC)c1OC. The van der Waals surface area contributed by atoms with Gasteiger partial charge in [0.25, 0.3) is 5.95 Å². The number of hydrogen-bond donors (Lipinski definition) is 0. The van der Waals surface area contributed by atoms with E-state index in [-0.39, 0.29) is 0 Å². The first-order valence-corrected chi connectivity index (χ1v) is 11.3. The van der Waals surface area contributed by atoms with Crippen molar-refractivity contribution < 1.29 is 14.2 Å². The molecule has 8 nitrogen and oxygen atoms in total. The van der Waals surface area contributed by atoms with E-state index >= 15 is 0 Å². The Labute approximate surface area is 208 Å². The van der Waals surface area contributed by atoms with E-state index in [1.807, 2.05) is 71.1 Å². The molecular formula is C26H24ClN5O3. The van der Waals surface area contributed by atoms with E-state index in [1.165, 1.54) is 0 Å². The summed E-state index contributed by atoms with van der Waals surface area (Å²) in [5, 5.41) is 16.4. The molecule has 5 rings (SSSR count). The Kier molecular flexibility index (Phi) is 6.05. The summed E-state index contributed by atoms with van der Waals surface area (Å²) in [5.41, 5.74) is 4.55. The number of para-hydroxylation sites is 1. The van der Waals surface area contributed by atoms with Crippen molar-refractivity contribution in [1.82, 2.24) is 14.8 Å². The van der Waals surface area contributed by atoms with Gasteiger partial charge in [-0.1, -0.05) is 41.9 Å². The third-order valence-corrected chi connectivity index (χ3v) is 6.09. The van der Waals surface area contributed by atoms with Gasteiger partial charge in [0.2, 0.25) is 5.75 Å². The Morgan fingerprint density at radius 1 is 0.857 bits per heavy atom. The van der Waals surface area contributed by atoms with Gasteiger partial charge in [-0.2, -0.15) is 5.10 Å². The van der Waals surface area contributed by atoms with Gasteiger partial charge in [0, 0.05) is 16.1 Å². The maximum absolute atomic E-state index is 6.17. The van der Waals surface area contributed by atoms with Gasteiger partial charge in [-0.25, -0.2) is 5.01 Å². The quantitative estimate of drug-likeness (QED) is 0.378. The van der Waals surface area contributed by atoms with E-state index in [4.69, 9.17) is 30.9 Å². The van der Waals surface area contributed by atoms with E-state index in [9.17, 15) is 0 Å². The van der Waals surface area contributed by atoms with Crippen LogP contribution in [0, 0.1) is 6.92 Å². The van der Waals surface area contributed by atoms with Gasteiger partial charge in [0.1, 0.15) is 11.5 Å². The molecule has 4 aromatic rings. The molecule has 0 spiro atoms. The second-order valence-electron chi connectivity index (χ2n) is 7.95. The van der Waals surface area contributed by atoms with Crippen molar-refractivity contribution >= 4 is 23.3 Å². The highest BCUT2D eigenvalue weighted by Gasteiger charge is 2.27. The van der Waals surface area contributed by atoms with Crippen molar-refractivity contribution in [1.29, 1.82) is 0 Å². The molecule has 0 radical (unpaired) electrons. The summed E-state index contributed by atoms with van der Waals surface area (Å²) in [7, 11) is 4.78. The number of fused-ring (bicyclic) bond motifs is 3. The lowest BCUT2D eigenvalue weighted by atomic mass is 10.0. The van der Waals surface area contributed by atoms with Crippen LogP contribution in [0.4, 0.5) is 5.95 Å². The maximum Gasteiger partial charge on any atom is 0.252 e. The molecule has 9 heteroatoms. The minimum Gasteiger partial charge on any atom is -0.493 e. The smallest absolute Gasteiger partial charge is 0.252 e. The molecule has 1 aliphatic heterocycles. The van der Waals surface area contributed by atoms with Gasteiger partial charge >= 0.3 is 0 Å². The number of hydrazone groups is 1. The molecule has 35 heavy (non-hydrogen) atoms. The van der Waals surface area contributed by atoms with Crippen molar-refractivity contribution in [2.45, 2.75) is 13.5 Å². The number of methoxy groups -OCH3 is 3. The Balaban J connectivity index is 1.69. The molecule has 2 heterocycles. The molecule has 178 valence electrons. The third kappa shape index (κ3) is 4.06. The largest absolute Gasteiger partial charge is 0.493 e. The molecule has 0 amide bonds. The van der Waals surface area contributed by atoms with Crippen LogP contribution in [0.25, 0.3) is 5.69 Å². The highest BCUT2D eigenvalue weighted by atomic mass is 35.5. The monoisotopic (exact) mass is 489 g/mol. The molecule has 0 N–H and O–H groups in total. The summed E-state index contributed by atoms with van der Waals surface area (Å²) in [4.78, 5) is 0. The molecule has 3 aromatic carbocycles. The fourth-order valence-corrected chi connectivity index (χ4v) is 4.34. The molecule has 1 aromatic heterocycles. The van der Waals surface area contributed by atoms with Crippen LogP contribution in [0.5, 0.6) is 17.2 Å². The van der Waals surface area contributed by atoms with Crippen LogP contribution in [0.15, 0.2) is 65.8 Å². The maximum atomic E-state index is 6.17. The predicted octanol–water partition coefficient (Wildman–Crippen LogP) is 5.03. The van der Waals surface area contributed by atoms with Crippen molar-refractivity contribution in [2.24, 2.45) is 5.10 Å². The third-order valence-electron chi connectivity index (χ3n) is 5.83. The van der Waals surface area contributed by atoms with Gasteiger partial charge in [-0.3, -0.25) is 4.57 Å². The second-order valence-corrected chi connectivity index (χ2v) is 8.38. The highest BCUT2D eigenvalue weighted by molar-refractivity contribution is 6.30. The predicted molar refractivity (Wildman–Crippen MR) is 135 cm³/mol. The average Bonchev–Trinajstić information content (AvgIpc) is 3.21. The first-order chi connectivity index (χ1) is 17.0. The number of benzene rings is 3. The molecule has 0 aliphatic carbocycles. The van der Waals surface area contributed by atoms with Gasteiger partial charge < -0.3 is 14.2 Å². The Bertz CT molecular complexity index is 1390. The Morgan fingerprint density at radius 3 is 2.20 bits per heavy atom. The Hall–Kier alpha value is -4.04. The number of aromatic nitrogens is 3. The average molecular weight is 490 g/mol. The Morgan fingerprint density at radius 2 is 1.54 bits per heavy atom. The fourth-order valence-electron chi connectivity index (χ4n) is 4.22. The zero-order valence-corrected chi connectivity index (χ0v) is 20.6. The van der Waals surface area contributed by atoms with E-state index in [0.717, 1.165) is 33.9 Å². The second kappa shape index (κ2) is 9.31. The summed E-state index contributed by atoms with van der Waals surface area (Å²) in [6, 6.07) is 19.6. The molecule has 0 saturated heterocycles. The normalized spacial score (nSPS) is 12.4. The molecule has 0 atom stereocenters. The first kappa shape index (κ1) is 22.7. The lowest BCUT2D eigenvalue weighted by Crippen LogP contribution is -2.20.